The number of hydrogen-bond acceptors (Lipinski definition) is 8. The summed E-state index contributed by atoms with van der Waals surface area (Å²) in [5, 5.41) is 3.82. The minimum absolute atomic E-state index is 0.108. The van der Waals surface area contributed by atoms with E-state index in [1.807, 2.05) is 19.1 Å². The first-order chi connectivity index (χ1) is 15.1. The van der Waals surface area contributed by atoms with E-state index in [2.05, 4.69) is 30.2 Å². The molecule has 1 aliphatic heterocycles. The highest BCUT2D eigenvalue weighted by Gasteiger charge is 2.24. The maximum absolute atomic E-state index is 12.6. The van der Waals surface area contributed by atoms with Gasteiger partial charge >= 0.3 is 6.03 Å². The van der Waals surface area contributed by atoms with Gasteiger partial charge in [-0.3, -0.25) is 9.97 Å². The number of urea groups is 1. The molecule has 0 aliphatic carbocycles. The number of hydrogen-bond donors (Lipinski definition) is 1. The molecule has 1 saturated heterocycles. The van der Waals surface area contributed by atoms with Gasteiger partial charge in [-0.2, -0.15) is 0 Å². The highest BCUT2D eigenvalue weighted by molar-refractivity contribution is 5.92. The third kappa shape index (κ3) is 4.27. The van der Waals surface area contributed by atoms with Crippen LogP contribution in [0.1, 0.15) is 11.4 Å². The average molecular weight is 423 g/mol. The normalized spacial score (nSPS) is 13.9. The molecular formula is C21H25N7O3. The van der Waals surface area contributed by atoms with Crippen molar-refractivity contribution in [2.75, 3.05) is 45.3 Å². The van der Waals surface area contributed by atoms with E-state index in [1.54, 1.807) is 37.8 Å². The Kier molecular flexibility index (Phi) is 5.96. The number of benzene rings is 1. The molecule has 1 N–H and O–H groups in total. The van der Waals surface area contributed by atoms with Crippen molar-refractivity contribution in [1.82, 2.24) is 30.2 Å². The Bertz CT molecular complexity index is 1080. The predicted octanol–water partition coefficient (Wildman–Crippen LogP) is 1.78. The number of nitrogens with one attached hydrogen (secondary N) is 1. The lowest BCUT2D eigenvalue weighted by Gasteiger charge is -2.35. The van der Waals surface area contributed by atoms with Crippen molar-refractivity contribution in [1.29, 1.82) is 0 Å². The molecule has 10 heteroatoms. The van der Waals surface area contributed by atoms with Crippen molar-refractivity contribution < 1.29 is 14.3 Å². The van der Waals surface area contributed by atoms with E-state index >= 15 is 0 Å². The second kappa shape index (κ2) is 8.99. The average Bonchev–Trinajstić information content (AvgIpc) is 2.82. The van der Waals surface area contributed by atoms with Crippen LogP contribution in [0.25, 0.3) is 10.9 Å². The molecule has 4 rings (SSSR count). The Hall–Kier alpha value is -3.69. The highest BCUT2D eigenvalue weighted by Crippen LogP contribution is 2.34. The molecule has 0 spiro atoms. The highest BCUT2D eigenvalue weighted by atomic mass is 16.5. The summed E-state index contributed by atoms with van der Waals surface area (Å²) in [7, 11) is 3.20. The van der Waals surface area contributed by atoms with Gasteiger partial charge in [-0.1, -0.05) is 0 Å². The van der Waals surface area contributed by atoms with Crippen LogP contribution in [0, 0.1) is 6.92 Å². The number of aromatic nitrogens is 4. The number of carbonyl (C=O) groups excluding carboxylic acids is 1. The summed E-state index contributed by atoms with van der Waals surface area (Å²) in [6.07, 6.45) is 4.82. The van der Waals surface area contributed by atoms with E-state index < -0.39 is 0 Å². The van der Waals surface area contributed by atoms with Crippen molar-refractivity contribution in [2.45, 2.75) is 13.5 Å². The van der Waals surface area contributed by atoms with Crippen LogP contribution < -0.4 is 19.7 Å². The summed E-state index contributed by atoms with van der Waals surface area (Å²) >= 11 is 0. The van der Waals surface area contributed by atoms with Crippen LogP contribution >= 0.6 is 0 Å². The van der Waals surface area contributed by atoms with Gasteiger partial charge in [0.15, 0.2) is 11.5 Å². The van der Waals surface area contributed by atoms with E-state index in [0.717, 1.165) is 28.1 Å². The van der Waals surface area contributed by atoms with Gasteiger partial charge in [-0.15, -0.1) is 0 Å². The Morgan fingerprint density at radius 1 is 1.00 bits per heavy atom. The Morgan fingerprint density at radius 3 is 2.42 bits per heavy atom. The third-order valence-electron chi connectivity index (χ3n) is 5.38. The van der Waals surface area contributed by atoms with Gasteiger partial charge in [0.05, 0.1) is 37.7 Å². The van der Waals surface area contributed by atoms with Gasteiger partial charge in [0.1, 0.15) is 12.1 Å². The number of amides is 2. The topological polar surface area (TPSA) is 106 Å². The maximum atomic E-state index is 12.6. The second-order valence-corrected chi connectivity index (χ2v) is 7.14. The van der Waals surface area contributed by atoms with Crippen LogP contribution in [0.5, 0.6) is 11.5 Å². The fourth-order valence-corrected chi connectivity index (χ4v) is 3.62. The fourth-order valence-electron chi connectivity index (χ4n) is 3.62. The standard InChI is InChI=1S/C21H25N7O3/c1-14-17(23-5-4-22-14)12-24-21(29)28-8-6-27(7-9-28)20-15-10-18(30-2)19(31-3)11-16(15)25-13-26-20/h4-5,10-11,13H,6-9,12H2,1-3H3,(H,24,29). The lowest BCUT2D eigenvalue weighted by atomic mass is 10.2. The molecule has 1 aliphatic rings. The van der Waals surface area contributed by atoms with Crippen molar-refractivity contribution >= 4 is 22.8 Å². The summed E-state index contributed by atoms with van der Waals surface area (Å²) in [6.45, 7) is 4.74. The molecule has 1 aromatic carbocycles. The summed E-state index contributed by atoms with van der Waals surface area (Å²) in [5.41, 5.74) is 2.36. The number of carbonyl (C=O) groups is 1. The number of fused-ring (bicyclic) bond motifs is 1. The number of piperazine rings is 1. The summed E-state index contributed by atoms with van der Waals surface area (Å²) in [5.74, 6) is 2.07. The van der Waals surface area contributed by atoms with Crippen molar-refractivity contribution in [3.05, 3.63) is 42.2 Å². The van der Waals surface area contributed by atoms with Crippen LogP contribution in [0.3, 0.4) is 0 Å². The molecule has 162 valence electrons. The zero-order chi connectivity index (χ0) is 21.8. The monoisotopic (exact) mass is 423 g/mol. The lowest BCUT2D eigenvalue weighted by Crippen LogP contribution is -2.52. The van der Waals surface area contributed by atoms with Gasteiger partial charge < -0.3 is 24.6 Å². The first-order valence-electron chi connectivity index (χ1n) is 10.0. The van der Waals surface area contributed by atoms with E-state index in [1.165, 1.54) is 0 Å². The Labute approximate surface area is 180 Å². The molecular weight excluding hydrogens is 398 g/mol. The fraction of sp³-hybridized carbons (Fsp3) is 0.381. The Morgan fingerprint density at radius 2 is 1.71 bits per heavy atom. The molecule has 2 aromatic heterocycles. The number of aryl methyl sites for hydroxylation is 1. The van der Waals surface area contributed by atoms with Gasteiger partial charge in [-0.25, -0.2) is 14.8 Å². The first-order valence-corrected chi connectivity index (χ1v) is 10.0. The van der Waals surface area contributed by atoms with Crippen molar-refractivity contribution in [3.8, 4) is 11.5 Å². The largest absolute Gasteiger partial charge is 0.493 e. The number of anilines is 1. The second-order valence-electron chi connectivity index (χ2n) is 7.14. The maximum Gasteiger partial charge on any atom is 0.317 e. The molecule has 3 heterocycles. The van der Waals surface area contributed by atoms with Crippen molar-refractivity contribution in [3.63, 3.8) is 0 Å². The molecule has 2 amide bonds. The number of methoxy groups -OCH3 is 2. The summed E-state index contributed by atoms with van der Waals surface area (Å²) < 4.78 is 10.8. The van der Waals surface area contributed by atoms with E-state index in [0.29, 0.717) is 44.2 Å². The first kappa shape index (κ1) is 20.6. The number of ether oxygens (including phenoxy) is 2. The minimum atomic E-state index is -0.108. The zero-order valence-electron chi connectivity index (χ0n) is 17.8. The van der Waals surface area contributed by atoms with E-state index in [4.69, 9.17) is 9.47 Å². The SMILES string of the molecule is COc1cc2ncnc(N3CCN(C(=O)NCc4nccnc4C)CC3)c2cc1OC. The smallest absolute Gasteiger partial charge is 0.317 e. The van der Waals surface area contributed by atoms with E-state index in [-0.39, 0.29) is 6.03 Å². The lowest BCUT2D eigenvalue weighted by molar-refractivity contribution is 0.193. The predicted molar refractivity (Wildman–Crippen MR) is 115 cm³/mol. The molecule has 10 nitrogen and oxygen atoms in total. The molecule has 1 fully saturated rings. The van der Waals surface area contributed by atoms with Crippen LogP contribution in [-0.2, 0) is 6.54 Å². The van der Waals surface area contributed by atoms with Crippen LogP contribution in [0.15, 0.2) is 30.9 Å². The summed E-state index contributed by atoms with van der Waals surface area (Å²) in [6, 6.07) is 3.63. The van der Waals surface area contributed by atoms with Crippen LogP contribution in [0.2, 0.25) is 0 Å². The molecule has 31 heavy (non-hydrogen) atoms. The summed E-state index contributed by atoms with van der Waals surface area (Å²) in [4.78, 5) is 33.9. The quantitative estimate of drug-likeness (QED) is 0.662. The van der Waals surface area contributed by atoms with Crippen molar-refractivity contribution in [2.24, 2.45) is 0 Å². The molecule has 0 radical (unpaired) electrons. The van der Waals surface area contributed by atoms with Crippen LogP contribution in [-0.4, -0.2) is 71.3 Å². The van der Waals surface area contributed by atoms with Gasteiger partial charge in [0.2, 0.25) is 0 Å². The molecule has 0 saturated carbocycles. The molecule has 0 atom stereocenters. The zero-order valence-corrected chi connectivity index (χ0v) is 17.8. The number of rotatable bonds is 5. The van der Waals surface area contributed by atoms with E-state index in [9.17, 15) is 4.79 Å². The van der Waals surface area contributed by atoms with Gasteiger partial charge in [0, 0.05) is 50.0 Å². The molecule has 0 unspecified atom stereocenters. The third-order valence-corrected chi connectivity index (χ3v) is 5.38. The molecule has 3 aromatic rings. The Balaban J connectivity index is 1.43. The minimum Gasteiger partial charge on any atom is -0.493 e. The van der Waals surface area contributed by atoms with Gasteiger partial charge in [0.25, 0.3) is 0 Å². The van der Waals surface area contributed by atoms with Gasteiger partial charge in [-0.05, 0) is 13.0 Å². The van der Waals surface area contributed by atoms with Crippen LogP contribution in [0.4, 0.5) is 10.6 Å². The molecule has 0 bridgehead atoms. The number of nitrogens with zero attached hydrogens (tertiary/aromatic N) is 6.